The fourth-order valence-corrected chi connectivity index (χ4v) is 6.78. The van der Waals surface area contributed by atoms with Gasteiger partial charge in [0.05, 0.1) is 17.9 Å². The van der Waals surface area contributed by atoms with Gasteiger partial charge in [-0.05, 0) is 44.4 Å². The fraction of sp³-hybridized carbons (Fsp3) is 0.577. The number of benzene rings is 1. The lowest BCUT2D eigenvalue weighted by Crippen LogP contribution is -2.58. The monoisotopic (exact) mass is 519 g/mol. The first kappa shape index (κ1) is 24.6. The van der Waals surface area contributed by atoms with E-state index < -0.39 is 29.6 Å². The van der Waals surface area contributed by atoms with Gasteiger partial charge in [-0.1, -0.05) is 61.5 Å². The zero-order valence-corrected chi connectivity index (χ0v) is 21.4. The van der Waals surface area contributed by atoms with Crippen LogP contribution in [0.4, 0.5) is 5.69 Å². The number of anilines is 1. The summed E-state index contributed by atoms with van der Waals surface area (Å²) in [6.07, 6.45) is 9.01. The van der Waals surface area contributed by atoms with E-state index in [1.54, 1.807) is 23.1 Å². The summed E-state index contributed by atoms with van der Waals surface area (Å²) in [5.41, 5.74) is -0.707. The van der Waals surface area contributed by atoms with Crippen molar-refractivity contribution in [2.24, 2.45) is 11.8 Å². The van der Waals surface area contributed by atoms with Crippen molar-refractivity contribution < 1.29 is 19.1 Å². The van der Waals surface area contributed by atoms with Crippen LogP contribution < -0.4 is 10.6 Å². The Hall–Kier alpha value is -2.09. The van der Waals surface area contributed by atoms with E-state index in [1.807, 2.05) is 26.0 Å². The van der Waals surface area contributed by atoms with E-state index in [2.05, 4.69) is 10.6 Å². The van der Waals surface area contributed by atoms with Crippen molar-refractivity contribution >= 4 is 46.6 Å². The Kier molecular flexibility index (Phi) is 6.62. The van der Waals surface area contributed by atoms with Gasteiger partial charge in [0, 0.05) is 27.8 Å². The minimum atomic E-state index is -1.15. The predicted octanol–water partition coefficient (Wildman–Crippen LogP) is 4.33. The summed E-state index contributed by atoms with van der Waals surface area (Å²) >= 11 is 12.2. The number of rotatable bonds is 6. The number of fused-ring (bicyclic) bond motifs is 1. The summed E-state index contributed by atoms with van der Waals surface area (Å²) < 4.78 is 6.37. The quantitative estimate of drug-likeness (QED) is 0.547. The molecule has 9 heteroatoms. The van der Waals surface area contributed by atoms with E-state index in [0.29, 0.717) is 22.2 Å². The van der Waals surface area contributed by atoms with Gasteiger partial charge in [-0.15, -0.1) is 0 Å². The molecule has 35 heavy (non-hydrogen) atoms. The highest BCUT2D eigenvalue weighted by Crippen LogP contribution is 2.55. The zero-order chi connectivity index (χ0) is 24.9. The minimum absolute atomic E-state index is 0.106. The lowest BCUT2D eigenvalue weighted by Gasteiger charge is -2.36. The first-order valence-corrected chi connectivity index (χ1v) is 13.3. The number of likely N-dealkylation sites (tertiary alicyclic amines) is 1. The predicted molar refractivity (Wildman–Crippen MR) is 134 cm³/mol. The van der Waals surface area contributed by atoms with Gasteiger partial charge in [-0.25, -0.2) is 0 Å². The summed E-state index contributed by atoms with van der Waals surface area (Å²) in [5.74, 6) is -2.29. The van der Waals surface area contributed by atoms with Gasteiger partial charge in [-0.2, -0.15) is 0 Å². The van der Waals surface area contributed by atoms with Gasteiger partial charge in [0.2, 0.25) is 17.7 Å². The Labute approximate surface area is 215 Å². The Morgan fingerprint density at radius 1 is 1.14 bits per heavy atom. The third-order valence-electron chi connectivity index (χ3n) is 8.01. The van der Waals surface area contributed by atoms with Crippen molar-refractivity contribution in [2.45, 2.75) is 82.2 Å². The van der Waals surface area contributed by atoms with Crippen LogP contribution in [0.25, 0.3) is 0 Å². The third kappa shape index (κ3) is 4.15. The van der Waals surface area contributed by atoms with Gasteiger partial charge in [0.15, 0.2) is 0 Å². The molecule has 6 atom stereocenters. The summed E-state index contributed by atoms with van der Waals surface area (Å²) in [5, 5.41) is 6.85. The van der Waals surface area contributed by atoms with Crippen LogP contribution in [0.1, 0.15) is 52.4 Å². The van der Waals surface area contributed by atoms with Crippen molar-refractivity contribution in [3.05, 3.63) is 40.4 Å². The van der Waals surface area contributed by atoms with Crippen molar-refractivity contribution in [1.29, 1.82) is 0 Å². The number of amides is 3. The maximum Gasteiger partial charge on any atom is 0.246 e. The number of carbonyl (C=O) groups excluding carboxylic acids is 3. The molecule has 1 aromatic carbocycles. The Morgan fingerprint density at radius 2 is 1.83 bits per heavy atom. The molecule has 1 saturated carbocycles. The molecule has 3 amide bonds. The molecule has 0 aromatic heterocycles. The van der Waals surface area contributed by atoms with Crippen LogP contribution in [0.2, 0.25) is 10.0 Å². The fourth-order valence-electron chi connectivity index (χ4n) is 6.26. The van der Waals surface area contributed by atoms with E-state index in [9.17, 15) is 14.4 Å². The lowest BCUT2D eigenvalue weighted by molar-refractivity contribution is -0.143. The Morgan fingerprint density at radius 3 is 2.49 bits per heavy atom. The molecule has 2 N–H and O–H groups in total. The molecule has 4 aliphatic rings. The molecule has 3 fully saturated rings. The van der Waals surface area contributed by atoms with Crippen molar-refractivity contribution in [1.82, 2.24) is 10.2 Å². The normalized spacial score (nSPS) is 32.6. The van der Waals surface area contributed by atoms with Gasteiger partial charge < -0.3 is 20.3 Å². The van der Waals surface area contributed by atoms with Gasteiger partial charge >= 0.3 is 0 Å². The topological polar surface area (TPSA) is 87.7 Å². The van der Waals surface area contributed by atoms with E-state index >= 15 is 0 Å². The number of hydrogen-bond acceptors (Lipinski definition) is 4. The second-order valence-electron chi connectivity index (χ2n) is 10.2. The number of nitrogens with one attached hydrogen (secondary N) is 2. The average Bonchev–Trinajstić information content (AvgIpc) is 3.45. The molecule has 3 heterocycles. The standard InChI is InChI=1S/C26H31Cl2N3O4/c1-3-14(2)31-22(24(33)29-17-7-5-4-6-8-17)26-10-9-19(35-26)20(21(26)25(31)34)23(32)30-18-12-15(27)11-16(28)13-18/h9-14,17,19-22H,3-8H2,1-2H3,(H,29,33)(H,30,32)/t14-,19-,20-,21-,22+,26-/m0/s1. The van der Waals surface area contributed by atoms with E-state index in [4.69, 9.17) is 27.9 Å². The lowest BCUT2D eigenvalue weighted by atomic mass is 9.74. The van der Waals surface area contributed by atoms with E-state index in [0.717, 1.165) is 25.7 Å². The number of nitrogens with zero attached hydrogens (tertiary/aromatic N) is 1. The molecule has 5 rings (SSSR count). The summed E-state index contributed by atoms with van der Waals surface area (Å²) in [7, 11) is 0. The highest BCUT2D eigenvalue weighted by molar-refractivity contribution is 6.35. The minimum Gasteiger partial charge on any atom is -0.359 e. The maximum absolute atomic E-state index is 13.9. The number of halogens is 2. The SMILES string of the molecule is CC[C@H](C)N1C(=O)[C@@H]2[C@@H](C(=O)Nc3cc(Cl)cc(Cl)c3)[C@@H]3C=C[C@@]2(O3)[C@H]1C(=O)NC1CCCCC1. The highest BCUT2D eigenvalue weighted by atomic mass is 35.5. The molecule has 3 aliphatic heterocycles. The number of hydrogen-bond donors (Lipinski definition) is 2. The van der Waals surface area contributed by atoms with Gasteiger partial charge in [-0.3, -0.25) is 14.4 Å². The average molecular weight is 520 g/mol. The molecular formula is C26H31Cl2N3O4. The molecule has 1 aromatic rings. The molecule has 188 valence electrons. The molecule has 0 unspecified atom stereocenters. The van der Waals surface area contributed by atoms with E-state index in [-0.39, 0.29) is 29.8 Å². The van der Waals surface area contributed by atoms with Crippen molar-refractivity contribution in [2.75, 3.05) is 5.32 Å². The second-order valence-corrected chi connectivity index (χ2v) is 11.1. The molecule has 7 nitrogen and oxygen atoms in total. The molecule has 2 bridgehead atoms. The van der Waals surface area contributed by atoms with Crippen LogP contribution in [-0.4, -0.2) is 52.5 Å². The molecule has 0 radical (unpaired) electrons. The first-order valence-electron chi connectivity index (χ1n) is 12.5. The Balaban J connectivity index is 1.45. The maximum atomic E-state index is 13.9. The molecular weight excluding hydrogens is 489 g/mol. The summed E-state index contributed by atoms with van der Waals surface area (Å²) in [4.78, 5) is 42.7. The van der Waals surface area contributed by atoms with Crippen molar-refractivity contribution in [3.63, 3.8) is 0 Å². The molecule has 1 spiro atoms. The van der Waals surface area contributed by atoms with E-state index in [1.165, 1.54) is 6.42 Å². The Bertz CT molecular complexity index is 1050. The smallest absolute Gasteiger partial charge is 0.246 e. The van der Waals surface area contributed by atoms with Crippen LogP contribution in [0.15, 0.2) is 30.4 Å². The van der Waals surface area contributed by atoms with Crippen LogP contribution in [0.5, 0.6) is 0 Å². The molecule has 1 aliphatic carbocycles. The third-order valence-corrected chi connectivity index (χ3v) is 8.45. The zero-order valence-electron chi connectivity index (χ0n) is 19.9. The number of carbonyl (C=O) groups is 3. The largest absolute Gasteiger partial charge is 0.359 e. The van der Waals surface area contributed by atoms with Crippen LogP contribution in [0, 0.1) is 11.8 Å². The van der Waals surface area contributed by atoms with Crippen molar-refractivity contribution in [3.8, 4) is 0 Å². The van der Waals surface area contributed by atoms with Crippen LogP contribution in [-0.2, 0) is 19.1 Å². The van der Waals surface area contributed by atoms with Crippen LogP contribution in [0.3, 0.4) is 0 Å². The second kappa shape index (κ2) is 9.41. The number of ether oxygens (including phenoxy) is 1. The molecule has 2 saturated heterocycles. The van der Waals surface area contributed by atoms with Gasteiger partial charge in [0.25, 0.3) is 0 Å². The van der Waals surface area contributed by atoms with Gasteiger partial charge in [0.1, 0.15) is 11.6 Å². The van der Waals surface area contributed by atoms with Crippen LogP contribution >= 0.6 is 23.2 Å². The first-order chi connectivity index (χ1) is 16.7. The summed E-state index contributed by atoms with van der Waals surface area (Å²) in [6, 6.07) is 3.92. The highest BCUT2D eigenvalue weighted by Gasteiger charge is 2.73. The summed E-state index contributed by atoms with van der Waals surface area (Å²) in [6.45, 7) is 3.93.